The summed E-state index contributed by atoms with van der Waals surface area (Å²) in [6.45, 7) is 5.04. The second kappa shape index (κ2) is 6.23. The Kier molecular flexibility index (Phi) is 4.92. The molecule has 1 amide bonds. The number of rotatable bonds is 5. The van der Waals surface area contributed by atoms with Gasteiger partial charge in [0.2, 0.25) is 5.91 Å². The van der Waals surface area contributed by atoms with Gasteiger partial charge in [-0.2, -0.15) is 0 Å². The van der Waals surface area contributed by atoms with Crippen LogP contribution in [-0.4, -0.2) is 28.4 Å². The molecule has 4 nitrogen and oxygen atoms in total. The van der Waals surface area contributed by atoms with Crippen molar-refractivity contribution >= 4 is 5.91 Å². The molecule has 0 radical (unpaired) electrons. The number of pyridine rings is 1. The Morgan fingerprint density at radius 2 is 2.31 bits per heavy atom. The van der Waals surface area contributed by atoms with Gasteiger partial charge in [0.1, 0.15) is 0 Å². The molecule has 0 aromatic carbocycles. The maximum absolute atomic E-state index is 11.8. The van der Waals surface area contributed by atoms with Crippen molar-refractivity contribution in [1.82, 2.24) is 9.88 Å². The van der Waals surface area contributed by atoms with Crippen LogP contribution in [-0.2, 0) is 11.3 Å². The highest BCUT2D eigenvalue weighted by Gasteiger charge is 2.13. The Hall–Kier alpha value is -1.42. The average molecular weight is 221 g/mol. The highest BCUT2D eigenvalue weighted by Crippen LogP contribution is 2.04. The number of carbonyl (C=O) groups excluding carboxylic acids is 1. The van der Waals surface area contributed by atoms with E-state index in [1.165, 1.54) is 0 Å². The normalized spacial score (nSPS) is 12.2. The molecule has 1 aromatic heterocycles. The smallest absolute Gasteiger partial charge is 0.224 e. The molecule has 1 rings (SSSR count). The zero-order valence-electron chi connectivity index (χ0n) is 9.89. The zero-order chi connectivity index (χ0) is 12.0. The minimum atomic E-state index is -0.0923. The van der Waals surface area contributed by atoms with Crippen molar-refractivity contribution in [3.05, 3.63) is 30.1 Å². The van der Waals surface area contributed by atoms with Gasteiger partial charge in [-0.1, -0.05) is 6.07 Å². The molecule has 1 heterocycles. The number of amides is 1. The summed E-state index contributed by atoms with van der Waals surface area (Å²) in [7, 11) is 0. The molecular formula is C12H19N3O. The highest BCUT2D eigenvalue weighted by atomic mass is 16.2. The average Bonchev–Trinajstić information content (AvgIpc) is 2.26. The van der Waals surface area contributed by atoms with Crippen LogP contribution in [0.25, 0.3) is 0 Å². The number of nitrogens with two attached hydrogens (primary N) is 1. The van der Waals surface area contributed by atoms with Crippen molar-refractivity contribution in [3.8, 4) is 0 Å². The molecule has 0 saturated heterocycles. The summed E-state index contributed by atoms with van der Waals surface area (Å²) in [5.41, 5.74) is 6.52. The predicted octanol–water partition coefficient (Wildman–Crippen LogP) is 1.17. The molecule has 0 spiro atoms. The molecule has 1 aromatic rings. The standard InChI is InChI=1S/C12H19N3O/c1-3-15(12(16)8-10(2)13)9-11-6-4-5-7-14-11/h4-7,10H,3,8-9,13H2,1-2H3. The first-order valence-corrected chi connectivity index (χ1v) is 5.56. The van der Waals surface area contributed by atoms with Gasteiger partial charge in [-0.05, 0) is 26.0 Å². The van der Waals surface area contributed by atoms with E-state index in [9.17, 15) is 4.79 Å². The van der Waals surface area contributed by atoms with E-state index in [0.29, 0.717) is 19.5 Å². The number of carbonyl (C=O) groups is 1. The lowest BCUT2D eigenvalue weighted by atomic mass is 10.2. The third-order valence-electron chi connectivity index (χ3n) is 2.31. The van der Waals surface area contributed by atoms with Crippen LogP contribution in [0.3, 0.4) is 0 Å². The fourth-order valence-electron chi connectivity index (χ4n) is 1.47. The van der Waals surface area contributed by atoms with Crippen LogP contribution in [0.2, 0.25) is 0 Å². The quantitative estimate of drug-likeness (QED) is 0.812. The highest BCUT2D eigenvalue weighted by molar-refractivity contribution is 5.76. The van der Waals surface area contributed by atoms with Crippen LogP contribution in [0.1, 0.15) is 26.0 Å². The van der Waals surface area contributed by atoms with E-state index < -0.39 is 0 Å². The van der Waals surface area contributed by atoms with Gasteiger partial charge in [0, 0.05) is 25.2 Å². The van der Waals surface area contributed by atoms with E-state index in [0.717, 1.165) is 5.69 Å². The molecular weight excluding hydrogens is 202 g/mol. The molecule has 0 saturated carbocycles. The van der Waals surface area contributed by atoms with Gasteiger partial charge in [0.15, 0.2) is 0 Å². The molecule has 0 aliphatic carbocycles. The molecule has 88 valence electrons. The minimum Gasteiger partial charge on any atom is -0.337 e. The first-order chi connectivity index (χ1) is 7.63. The number of hydrogen-bond donors (Lipinski definition) is 1. The Bertz CT molecular complexity index is 324. The van der Waals surface area contributed by atoms with Crippen LogP contribution in [0.5, 0.6) is 0 Å². The first kappa shape index (κ1) is 12.6. The third kappa shape index (κ3) is 3.98. The van der Waals surface area contributed by atoms with Gasteiger partial charge >= 0.3 is 0 Å². The van der Waals surface area contributed by atoms with Gasteiger partial charge in [0.05, 0.1) is 12.2 Å². The molecule has 1 atom stereocenters. The fourth-order valence-corrected chi connectivity index (χ4v) is 1.47. The van der Waals surface area contributed by atoms with Crippen molar-refractivity contribution in [3.63, 3.8) is 0 Å². The van der Waals surface area contributed by atoms with Crippen LogP contribution in [0.4, 0.5) is 0 Å². The Balaban J connectivity index is 2.58. The van der Waals surface area contributed by atoms with Gasteiger partial charge in [-0.15, -0.1) is 0 Å². The van der Waals surface area contributed by atoms with Crippen molar-refractivity contribution < 1.29 is 4.79 Å². The van der Waals surface area contributed by atoms with Crippen LogP contribution in [0.15, 0.2) is 24.4 Å². The SMILES string of the molecule is CCN(Cc1ccccn1)C(=O)CC(C)N. The number of aromatic nitrogens is 1. The molecule has 0 aliphatic heterocycles. The van der Waals surface area contributed by atoms with Crippen molar-refractivity contribution in [1.29, 1.82) is 0 Å². The second-order valence-electron chi connectivity index (χ2n) is 3.91. The largest absolute Gasteiger partial charge is 0.337 e. The lowest BCUT2D eigenvalue weighted by Gasteiger charge is -2.21. The van der Waals surface area contributed by atoms with Crippen molar-refractivity contribution in [2.45, 2.75) is 32.9 Å². The summed E-state index contributed by atoms with van der Waals surface area (Å²) in [4.78, 5) is 17.8. The summed E-state index contributed by atoms with van der Waals surface area (Å²) in [5.74, 6) is 0.0863. The summed E-state index contributed by atoms with van der Waals surface area (Å²) < 4.78 is 0. The molecule has 1 unspecified atom stereocenters. The topological polar surface area (TPSA) is 59.2 Å². The van der Waals surface area contributed by atoms with E-state index >= 15 is 0 Å². The second-order valence-corrected chi connectivity index (χ2v) is 3.91. The Labute approximate surface area is 96.5 Å². The molecule has 0 aliphatic rings. The lowest BCUT2D eigenvalue weighted by Crippen LogP contribution is -2.34. The van der Waals surface area contributed by atoms with E-state index in [-0.39, 0.29) is 11.9 Å². The third-order valence-corrected chi connectivity index (χ3v) is 2.31. The zero-order valence-corrected chi connectivity index (χ0v) is 9.89. The predicted molar refractivity (Wildman–Crippen MR) is 63.6 cm³/mol. The number of nitrogens with zero attached hydrogens (tertiary/aromatic N) is 2. The van der Waals surface area contributed by atoms with Gasteiger partial charge in [-0.25, -0.2) is 0 Å². The van der Waals surface area contributed by atoms with Crippen molar-refractivity contribution in [2.24, 2.45) is 5.73 Å². The summed E-state index contributed by atoms with van der Waals surface area (Å²) in [5, 5.41) is 0. The monoisotopic (exact) mass is 221 g/mol. The maximum Gasteiger partial charge on any atom is 0.224 e. The molecule has 0 fully saturated rings. The van der Waals surface area contributed by atoms with Crippen LogP contribution < -0.4 is 5.73 Å². The van der Waals surface area contributed by atoms with E-state index in [2.05, 4.69) is 4.98 Å². The van der Waals surface area contributed by atoms with E-state index in [4.69, 9.17) is 5.73 Å². The number of hydrogen-bond acceptors (Lipinski definition) is 3. The molecule has 2 N–H and O–H groups in total. The van der Waals surface area contributed by atoms with Gasteiger partial charge in [0.25, 0.3) is 0 Å². The molecule has 0 bridgehead atoms. The maximum atomic E-state index is 11.8. The fraction of sp³-hybridized carbons (Fsp3) is 0.500. The van der Waals surface area contributed by atoms with Gasteiger partial charge in [-0.3, -0.25) is 9.78 Å². The van der Waals surface area contributed by atoms with Crippen LogP contribution >= 0.6 is 0 Å². The molecule has 4 heteroatoms. The lowest BCUT2D eigenvalue weighted by molar-refractivity contribution is -0.131. The van der Waals surface area contributed by atoms with Gasteiger partial charge < -0.3 is 10.6 Å². The summed E-state index contributed by atoms with van der Waals surface area (Å²) in [6, 6.07) is 5.61. The van der Waals surface area contributed by atoms with E-state index in [1.54, 1.807) is 11.1 Å². The summed E-state index contributed by atoms with van der Waals surface area (Å²) >= 11 is 0. The Morgan fingerprint density at radius 3 is 2.81 bits per heavy atom. The Morgan fingerprint density at radius 1 is 1.56 bits per heavy atom. The van der Waals surface area contributed by atoms with Crippen LogP contribution in [0, 0.1) is 0 Å². The molecule has 16 heavy (non-hydrogen) atoms. The summed E-state index contributed by atoms with van der Waals surface area (Å²) in [6.07, 6.45) is 2.12. The van der Waals surface area contributed by atoms with Crippen molar-refractivity contribution in [2.75, 3.05) is 6.54 Å². The first-order valence-electron chi connectivity index (χ1n) is 5.56. The van der Waals surface area contributed by atoms with E-state index in [1.807, 2.05) is 32.0 Å². The minimum absolute atomic E-state index is 0.0863.